The number of nitrogens with zero attached hydrogens (tertiary/aromatic N) is 4. The second-order valence-corrected chi connectivity index (χ2v) is 8.62. The monoisotopic (exact) mass is 393 g/mol. The fourth-order valence-corrected chi connectivity index (χ4v) is 4.80. The normalized spacial score (nSPS) is 19.9. The van der Waals surface area contributed by atoms with Crippen molar-refractivity contribution in [3.63, 3.8) is 0 Å². The highest BCUT2D eigenvalue weighted by molar-refractivity contribution is 7.89. The van der Waals surface area contributed by atoms with Crippen LogP contribution in [0.3, 0.4) is 0 Å². The highest BCUT2D eigenvalue weighted by Gasteiger charge is 2.28. The summed E-state index contributed by atoms with van der Waals surface area (Å²) in [4.78, 5) is 10.8. The summed E-state index contributed by atoms with van der Waals surface area (Å²) < 4.78 is 37.0. The van der Waals surface area contributed by atoms with Gasteiger partial charge in [-0.05, 0) is 18.6 Å². The summed E-state index contributed by atoms with van der Waals surface area (Å²) in [6.45, 7) is 3.53. The van der Waals surface area contributed by atoms with Crippen LogP contribution in [-0.4, -0.2) is 81.2 Å². The molecule has 0 atom stereocenters. The predicted octanol–water partition coefficient (Wildman–Crippen LogP) is 0.140. The summed E-state index contributed by atoms with van der Waals surface area (Å²) in [6.07, 6.45) is 0.419. The van der Waals surface area contributed by atoms with Gasteiger partial charge in [-0.1, -0.05) is 0 Å². The molecule has 3 heterocycles. The fourth-order valence-electron chi connectivity index (χ4n) is 3.35. The van der Waals surface area contributed by atoms with Crippen molar-refractivity contribution in [2.24, 2.45) is 15.7 Å². The van der Waals surface area contributed by atoms with Crippen LogP contribution in [0.5, 0.6) is 5.75 Å². The second kappa shape index (κ2) is 7.45. The molecule has 1 aromatic carbocycles. The molecule has 0 aliphatic carbocycles. The molecular formula is C17H23N5O4S. The lowest BCUT2D eigenvalue weighted by atomic mass is 10.1. The first-order valence-electron chi connectivity index (χ1n) is 9.03. The Morgan fingerprint density at radius 3 is 2.85 bits per heavy atom. The van der Waals surface area contributed by atoms with E-state index >= 15 is 0 Å². The molecule has 146 valence electrons. The van der Waals surface area contributed by atoms with E-state index in [9.17, 15) is 8.42 Å². The maximum atomic E-state index is 12.3. The summed E-state index contributed by atoms with van der Waals surface area (Å²) >= 11 is 0. The minimum absolute atomic E-state index is 0.0643. The van der Waals surface area contributed by atoms with Gasteiger partial charge in [0.1, 0.15) is 11.6 Å². The molecule has 0 unspecified atom stereocenters. The zero-order chi connectivity index (χ0) is 18.9. The first-order valence-corrected chi connectivity index (χ1v) is 10.6. The smallest absolute Gasteiger partial charge is 0.214 e. The molecule has 1 saturated heterocycles. The number of rotatable bonds is 6. The number of benzene rings is 1. The minimum Gasteiger partial charge on any atom is -0.493 e. The van der Waals surface area contributed by atoms with E-state index in [0.717, 1.165) is 23.6 Å². The Bertz CT molecular complexity index is 877. The van der Waals surface area contributed by atoms with Crippen molar-refractivity contribution in [3.8, 4) is 5.75 Å². The number of fused-ring (bicyclic) bond motifs is 3. The molecule has 3 aliphatic rings. The maximum absolute atomic E-state index is 12.3. The number of nitrogens with two attached hydrogens (primary N) is 1. The number of guanidine groups is 1. The van der Waals surface area contributed by atoms with Crippen molar-refractivity contribution in [1.82, 2.24) is 9.21 Å². The van der Waals surface area contributed by atoms with E-state index in [1.54, 1.807) is 0 Å². The van der Waals surface area contributed by atoms with Crippen LogP contribution in [0, 0.1) is 0 Å². The molecule has 27 heavy (non-hydrogen) atoms. The summed E-state index contributed by atoms with van der Waals surface area (Å²) in [5.74, 6) is 1.99. The van der Waals surface area contributed by atoms with Gasteiger partial charge in [0.15, 0.2) is 0 Å². The molecule has 4 rings (SSSR count). The molecule has 0 spiro atoms. The SMILES string of the molecule is NC1=Nc2cc(OCCCS(=O)(=O)N3CCOCC3)ccc2C2=NCCN12. The number of ether oxygens (including phenoxy) is 2. The third-order valence-electron chi connectivity index (χ3n) is 4.74. The zero-order valence-electron chi connectivity index (χ0n) is 15.0. The molecule has 0 aromatic heterocycles. The maximum Gasteiger partial charge on any atom is 0.214 e. The van der Waals surface area contributed by atoms with E-state index in [2.05, 4.69) is 9.98 Å². The van der Waals surface area contributed by atoms with Crippen LogP contribution in [-0.2, 0) is 14.8 Å². The lowest BCUT2D eigenvalue weighted by Crippen LogP contribution is -2.42. The summed E-state index contributed by atoms with van der Waals surface area (Å²) in [7, 11) is -3.26. The molecule has 10 heteroatoms. The average Bonchev–Trinajstić information content (AvgIpc) is 3.17. The third kappa shape index (κ3) is 3.78. The van der Waals surface area contributed by atoms with Gasteiger partial charge in [0, 0.05) is 31.3 Å². The zero-order valence-corrected chi connectivity index (χ0v) is 15.8. The van der Waals surface area contributed by atoms with E-state index in [1.807, 2.05) is 23.1 Å². The van der Waals surface area contributed by atoms with Crippen LogP contribution in [0.15, 0.2) is 28.2 Å². The Labute approximate surface area is 158 Å². The Morgan fingerprint density at radius 1 is 1.22 bits per heavy atom. The lowest BCUT2D eigenvalue weighted by Gasteiger charge is -2.26. The highest BCUT2D eigenvalue weighted by atomic mass is 32.2. The van der Waals surface area contributed by atoms with Crippen molar-refractivity contribution in [2.45, 2.75) is 6.42 Å². The van der Waals surface area contributed by atoms with E-state index in [4.69, 9.17) is 15.2 Å². The highest BCUT2D eigenvalue weighted by Crippen LogP contribution is 2.31. The van der Waals surface area contributed by atoms with Crippen LogP contribution in [0.4, 0.5) is 5.69 Å². The molecule has 9 nitrogen and oxygen atoms in total. The van der Waals surface area contributed by atoms with Gasteiger partial charge in [-0.25, -0.2) is 13.4 Å². The van der Waals surface area contributed by atoms with Crippen LogP contribution in [0.25, 0.3) is 0 Å². The number of morpholine rings is 1. The number of hydrogen-bond donors (Lipinski definition) is 1. The van der Waals surface area contributed by atoms with Crippen LogP contribution >= 0.6 is 0 Å². The number of sulfonamides is 1. The van der Waals surface area contributed by atoms with Gasteiger partial charge in [0.25, 0.3) is 0 Å². The molecule has 1 fully saturated rings. The second-order valence-electron chi connectivity index (χ2n) is 6.54. The molecule has 1 aromatic rings. The minimum atomic E-state index is -3.26. The molecule has 0 radical (unpaired) electrons. The summed E-state index contributed by atoms with van der Waals surface area (Å²) in [5, 5.41) is 0. The van der Waals surface area contributed by atoms with E-state index < -0.39 is 10.0 Å². The van der Waals surface area contributed by atoms with Gasteiger partial charge in [0.2, 0.25) is 16.0 Å². The van der Waals surface area contributed by atoms with Crippen molar-refractivity contribution in [2.75, 3.05) is 51.8 Å². The Balaban J connectivity index is 1.34. The van der Waals surface area contributed by atoms with E-state index in [1.165, 1.54) is 4.31 Å². The van der Waals surface area contributed by atoms with Gasteiger partial charge >= 0.3 is 0 Å². The molecule has 0 bridgehead atoms. The standard InChI is InChI=1S/C17H23N5O4S/c18-17-20-15-12-13(2-3-14(15)16-19-4-5-22(16)17)26-8-1-11-27(23,24)21-6-9-25-10-7-21/h2-3,12H,1,4-11H2,(H2,18,20). The topological polar surface area (TPSA) is 110 Å². The van der Waals surface area contributed by atoms with Gasteiger partial charge < -0.3 is 15.2 Å². The van der Waals surface area contributed by atoms with E-state index in [-0.39, 0.29) is 5.75 Å². The van der Waals surface area contributed by atoms with E-state index in [0.29, 0.717) is 57.6 Å². The van der Waals surface area contributed by atoms with Crippen molar-refractivity contribution in [1.29, 1.82) is 0 Å². The first-order chi connectivity index (χ1) is 13.0. The molecule has 3 aliphatic heterocycles. The number of hydrogen-bond acceptors (Lipinski definition) is 8. The third-order valence-corrected chi connectivity index (χ3v) is 6.70. The Hall–Kier alpha value is -2.17. The molecule has 0 amide bonds. The Morgan fingerprint density at radius 2 is 2.04 bits per heavy atom. The number of aliphatic imine (C=N–C) groups is 2. The first kappa shape index (κ1) is 18.2. The van der Waals surface area contributed by atoms with Gasteiger partial charge in [-0.3, -0.25) is 9.89 Å². The number of amidine groups is 1. The van der Waals surface area contributed by atoms with Crippen LogP contribution in [0.1, 0.15) is 12.0 Å². The predicted molar refractivity (Wildman–Crippen MR) is 102 cm³/mol. The van der Waals surface area contributed by atoms with Gasteiger partial charge in [-0.15, -0.1) is 0 Å². The fraction of sp³-hybridized carbons (Fsp3) is 0.529. The van der Waals surface area contributed by atoms with Crippen molar-refractivity contribution >= 4 is 27.5 Å². The van der Waals surface area contributed by atoms with Gasteiger partial charge in [0.05, 0.1) is 37.8 Å². The molecular weight excluding hydrogens is 370 g/mol. The summed E-state index contributed by atoms with van der Waals surface area (Å²) in [6, 6.07) is 5.59. The van der Waals surface area contributed by atoms with Crippen molar-refractivity contribution < 1.29 is 17.9 Å². The molecule has 2 N–H and O–H groups in total. The van der Waals surface area contributed by atoms with Crippen LogP contribution in [0.2, 0.25) is 0 Å². The van der Waals surface area contributed by atoms with Crippen LogP contribution < -0.4 is 10.5 Å². The average molecular weight is 393 g/mol. The lowest BCUT2D eigenvalue weighted by molar-refractivity contribution is 0.0730. The van der Waals surface area contributed by atoms with Gasteiger partial charge in [-0.2, -0.15) is 4.31 Å². The summed E-state index contributed by atoms with van der Waals surface area (Å²) in [5.41, 5.74) is 7.66. The quantitative estimate of drug-likeness (QED) is 0.689. The Kier molecular flexibility index (Phi) is 5.02. The molecule has 0 saturated carbocycles. The largest absolute Gasteiger partial charge is 0.493 e. The van der Waals surface area contributed by atoms with Crippen molar-refractivity contribution in [3.05, 3.63) is 23.8 Å².